The average Bonchev–Trinajstić information content (AvgIpc) is 2.13. The molecule has 8 nitrogen and oxygen atoms in total. The molecule has 96 valence electrons. The Morgan fingerprint density at radius 1 is 0.824 bits per heavy atom. The molecule has 0 radical (unpaired) electrons. The van der Waals surface area contributed by atoms with Crippen molar-refractivity contribution in [2.24, 2.45) is 0 Å². The van der Waals surface area contributed by atoms with Crippen molar-refractivity contribution in [2.45, 2.75) is 56.1 Å². The minimum Gasteiger partial charge on any atom is -0.307 e. The highest BCUT2D eigenvalue weighted by Crippen LogP contribution is 2.49. The topological polar surface area (TPSA) is 105 Å². The lowest BCUT2D eigenvalue weighted by Gasteiger charge is -2.48. The second kappa shape index (κ2) is 4.01. The van der Waals surface area contributed by atoms with E-state index in [1.807, 2.05) is 0 Å². The van der Waals surface area contributed by atoms with Crippen molar-refractivity contribution in [1.82, 2.24) is 0 Å². The molecule has 0 N–H and O–H groups in total. The van der Waals surface area contributed by atoms with E-state index >= 15 is 0 Å². The maximum absolute atomic E-state index is 10.5. The van der Waals surface area contributed by atoms with Crippen LogP contribution in [0.25, 0.3) is 0 Å². The highest BCUT2D eigenvalue weighted by atomic mass is 17.0. The molecule has 0 aromatic rings. The molecule has 0 atom stereocenters. The Hall–Kier alpha value is -1.60. The van der Waals surface area contributed by atoms with Crippen LogP contribution < -0.4 is 0 Å². The Labute approximate surface area is 97.1 Å². The summed E-state index contributed by atoms with van der Waals surface area (Å²) in [6, 6.07) is 0. The van der Waals surface area contributed by atoms with Gasteiger partial charge in [0.05, 0.1) is 0 Å². The van der Waals surface area contributed by atoms with Crippen LogP contribution in [-0.4, -0.2) is 21.4 Å². The predicted octanol–water partition coefficient (Wildman–Crippen LogP) is 1.64. The number of hydrogen-bond acceptors (Lipinski definition) is 6. The first-order valence-corrected chi connectivity index (χ1v) is 5.63. The summed E-state index contributed by atoms with van der Waals surface area (Å²) in [6.45, 7) is 0. The zero-order valence-electron chi connectivity index (χ0n) is 9.29. The van der Waals surface area contributed by atoms with Crippen LogP contribution in [-0.2, 0) is 9.68 Å². The summed E-state index contributed by atoms with van der Waals surface area (Å²) in [4.78, 5) is 30.5. The molecule has 2 aliphatic rings. The van der Waals surface area contributed by atoms with Crippen molar-refractivity contribution in [3.63, 3.8) is 0 Å². The van der Waals surface area contributed by atoms with E-state index in [4.69, 9.17) is 9.68 Å². The Morgan fingerprint density at radius 3 is 1.47 bits per heavy atom. The standard InChI is InChI=1S/C9H14N2O6/c12-10(13)16-8-3-1-4-9(7-8,6-2-5-8)17-11(14)15/h1-7H2. The van der Waals surface area contributed by atoms with Crippen molar-refractivity contribution in [3.05, 3.63) is 20.2 Å². The van der Waals surface area contributed by atoms with Crippen LogP contribution >= 0.6 is 0 Å². The molecule has 2 aliphatic carbocycles. The minimum absolute atomic E-state index is 0.238. The van der Waals surface area contributed by atoms with Crippen molar-refractivity contribution >= 4 is 0 Å². The van der Waals surface area contributed by atoms with Gasteiger partial charge in [-0.3, -0.25) is 0 Å². The number of nitrogens with zero attached hydrogens (tertiary/aromatic N) is 2. The predicted molar refractivity (Wildman–Crippen MR) is 53.9 cm³/mol. The average molecular weight is 246 g/mol. The van der Waals surface area contributed by atoms with E-state index in [0.717, 1.165) is 0 Å². The van der Waals surface area contributed by atoms with Gasteiger partial charge in [-0.1, -0.05) is 0 Å². The van der Waals surface area contributed by atoms with E-state index in [1.54, 1.807) is 0 Å². The molecule has 0 saturated heterocycles. The summed E-state index contributed by atoms with van der Waals surface area (Å²) >= 11 is 0. The molecule has 0 aliphatic heterocycles. The molecule has 0 unspecified atom stereocenters. The van der Waals surface area contributed by atoms with E-state index in [-0.39, 0.29) is 6.42 Å². The molecule has 2 saturated carbocycles. The summed E-state index contributed by atoms with van der Waals surface area (Å²) in [6.07, 6.45) is 3.81. The van der Waals surface area contributed by atoms with Crippen LogP contribution in [0.1, 0.15) is 44.9 Å². The molecule has 0 heterocycles. The van der Waals surface area contributed by atoms with Crippen molar-refractivity contribution in [1.29, 1.82) is 0 Å². The zero-order valence-corrected chi connectivity index (χ0v) is 9.29. The molecule has 0 amide bonds. The van der Waals surface area contributed by atoms with E-state index in [1.165, 1.54) is 0 Å². The second-order valence-corrected chi connectivity index (χ2v) is 4.88. The summed E-state index contributed by atoms with van der Waals surface area (Å²) in [5.74, 6) is 0. The van der Waals surface area contributed by atoms with E-state index < -0.39 is 21.4 Å². The van der Waals surface area contributed by atoms with Gasteiger partial charge < -0.3 is 9.68 Å². The van der Waals surface area contributed by atoms with Crippen molar-refractivity contribution < 1.29 is 19.8 Å². The van der Waals surface area contributed by atoms with Crippen LogP contribution in [0.2, 0.25) is 0 Å². The highest BCUT2D eigenvalue weighted by Gasteiger charge is 2.52. The molecule has 17 heavy (non-hydrogen) atoms. The van der Waals surface area contributed by atoms with Gasteiger partial charge in [-0.25, -0.2) is 0 Å². The fourth-order valence-electron chi connectivity index (χ4n) is 3.22. The van der Waals surface area contributed by atoms with E-state index in [0.29, 0.717) is 38.5 Å². The van der Waals surface area contributed by atoms with Crippen LogP contribution in [0.4, 0.5) is 0 Å². The van der Waals surface area contributed by atoms with Gasteiger partial charge in [-0.15, -0.1) is 20.2 Å². The number of rotatable bonds is 4. The maximum atomic E-state index is 10.5. The molecule has 8 heteroatoms. The van der Waals surface area contributed by atoms with E-state index in [2.05, 4.69) is 0 Å². The maximum Gasteiger partial charge on any atom is 0.295 e. The SMILES string of the molecule is O=[N+]([O-])OC12CCCC(O[N+](=O)[O-])(CCC1)C2. The second-order valence-electron chi connectivity index (χ2n) is 4.88. The minimum atomic E-state index is -0.879. The smallest absolute Gasteiger partial charge is 0.295 e. The molecule has 2 fully saturated rings. The lowest BCUT2D eigenvalue weighted by molar-refractivity contribution is -0.799. The lowest BCUT2D eigenvalue weighted by Crippen LogP contribution is -2.53. The third-order valence-corrected chi connectivity index (χ3v) is 3.71. The quantitative estimate of drug-likeness (QED) is 0.551. The first-order chi connectivity index (χ1) is 7.95. The van der Waals surface area contributed by atoms with Gasteiger partial charge in [-0.05, 0) is 38.5 Å². The van der Waals surface area contributed by atoms with Gasteiger partial charge in [0, 0.05) is 6.42 Å². The molecular weight excluding hydrogens is 232 g/mol. The van der Waals surface area contributed by atoms with E-state index in [9.17, 15) is 20.2 Å². The van der Waals surface area contributed by atoms with Crippen LogP contribution in [0.5, 0.6) is 0 Å². The number of fused-ring (bicyclic) bond motifs is 2. The third-order valence-electron chi connectivity index (χ3n) is 3.71. The third kappa shape index (κ3) is 2.40. The molecule has 0 aromatic heterocycles. The van der Waals surface area contributed by atoms with Crippen LogP contribution in [0, 0.1) is 20.2 Å². The fraction of sp³-hybridized carbons (Fsp3) is 1.00. The molecule has 0 spiro atoms. The molecular formula is C9H14N2O6. The van der Waals surface area contributed by atoms with Gasteiger partial charge in [0.25, 0.3) is 10.2 Å². The fourth-order valence-corrected chi connectivity index (χ4v) is 3.22. The summed E-state index contributed by atoms with van der Waals surface area (Å²) in [5, 5.41) is 19.4. The van der Waals surface area contributed by atoms with Gasteiger partial charge in [0.1, 0.15) is 11.2 Å². The molecule has 0 aromatic carbocycles. The van der Waals surface area contributed by atoms with Crippen molar-refractivity contribution in [3.8, 4) is 0 Å². The van der Waals surface area contributed by atoms with Crippen molar-refractivity contribution in [2.75, 3.05) is 0 Å². The largest absolute Gasteiger partial charge is 0.307 e. The molecule has 2 bridgehead atoms. The highest BCUT2D eigenvalue weighted by molar-refractivity contribution is 5.00. The number of hydrogen-bond donors (Lipinski definition) is 0. The van der Waals surface area contributed by atoms with Crippen LogP contribution in [0.3, 0.4) is 0 Å². The Balaban J connectivity index is 2.15. The summed E-state index contributed by atoms with van der Waals surface area (Å²) in [5.41, 5.74) is -1.76. The first-order valence-electron chi connectivity index (χ1n) is 5.63. The lowest BCUT2D eigenvalue weighted by atomic mass is 9.66. The van der Waals surface area contributed by atoms with Gasteiger partial charge >= 0.3 is 0 Å². The van der Waals surface area contributed by atoms with Crippen LogP contribution in [0.15, 0.2) is 0 Å². The summed E-state index contributed by atoms with van der Waals surface area (Å²) < 4.78 is 0. The van der Waals surface area contributed by atoms with Gasteiger partial charge in [0.15, 0.2) is 0 Å². The zero-order chi connectivity index (χ0) is 12.5. The monoisotopic (exact) mass is 246 g/mol. The normalized spacial score (nSPS) is 36.0. The first kappa shape index (κ1) is 11.9. The Bertz CT molecular complexity index is 304. The Kier molecular flexibility index (Phi) is 2.80. The van der Waals surface area contributed by atoms with Gasteiger partial charge in [-0.2, -0.15) is 0 Å². The summed E-state index contributed by atoms with van der Waals surface area (Å²) in [7, 11) is 0. The Morgan fingerprint density at radius 2 is 1.18 bits per heavy atom. The van der Waals surface area contributed by atoms with Gasteiger partial charge in [0.2, 0.25) is 0 Å². The molecule has 2 rings (SSSR count).